The first-order valence-corrected chi connectivity index (χ1v) is 6.07. The second-order valence-electron chi connectivity index (χ2n) is 3.51. The van der Waals surface area contributed by atoms with Gasteiger partial charge in [0.05, 0.1) is 5.38 Å². The van der Waals surface area contributed by atoms with Gasteiger partial charge in [-0.15, -0.1) is 11.6 Å². The molecule has 13 heavy (non-hydrogen) atoms. The number of aryl methyl sites for hydroxylation is 1. The van der Waals surface area contributed by atoms with Gasteiger partial charge in [0, 0.05) is 0 Å². The molecule has 0 amide bonds. The molecule has 0 radical (unpaired) electrons. The summed E-state index contributed by atoms with van der Waals surface area (Å²) in [6.45, 7) is 0. The van der Waals surface area contributed by atoms with Gasteiger partial charge in [0.1, 0.15) is 0 Å². The van der Waals surface area contributed by atoms with Gasteiger partial charge in [-0.05, 0) is 48.1 Å². The predicted molar refractivity (Wildman–Crippen MR) is 59.6 cm³/mol. The molecule has 0 bridgehead atoms. The van der Waals surface area contributed by atoms with E-state index in [4.69, 9.17) is 11.6 Å². The van der Waals surface area contributed by atoms with Crippen molar-refractivity contribution >= 4 is 22.9 Å². The average molecular weight is 213 g/mol. The van der Waals surface area contributed by atoms with E-state index in [1.165, 1.54) is 24.8 Å². The van der Waals surface area contributed by atoms with Gasteiger partial charge < -0.3 is 0 Å². The number of rotatable bonds is 3. The number of hydrogen-bond acceptors (Lipinski definition) is 1. The van der Waals surface area contributed by atoms with Gasteiger partial charge in [0.25, 0.3) is 0 Å². The third-order valence-corrected chi connectivity index (χ3v) is 3.55. The molecule has 1 aliphatic carbocycles. The minimum atomic E-state index is 0.303. The fourth-order valence-electron chi connectivity index (χ4n) is 1.69. The van der Waals surface area contributed by atoms with Crippen molar-refractivity contribution in [1.29, 1.82) is 0 Å². The highest BCUT2D eigenvalue weighted by Gasteiger charge is 2.12. The van der Waals surface area contributed by atoms with Gasteiger partial charge in [-0.1, -0.05) is 11.6 Å². The third-order valence-electron chi connectivity index (χ3n) is 2.47. The maximum atomic E-state index is 5.99. The molecule has 1 aromatic heterocycles. The van der Waals surface area contributed by atoms with Gasteiger partial charge >= 0.3 is 0 Å². The van der Waals surface area contributed by atoms with Crippen molar-refractivity contribution in [3.8, 4) is 0 Å². The first-order valence-electron chi connectivity index (χ1n) is 4.69. The zero-order valence-electron chi connectivity index (χ0n) is 7.50. The molecule has 0 nitrogen and oxygen atoms in total. The van der Waals surface area contributed by atoms with E-state index < -0.39 is 0 Å². The average Bonchev–Trinajstić information content (AvgIpc) is 2.71. The summed E-state index contributed by atoms with van der Waals surface area (Å²) in [6, 6.07) is 2.21. The van der Waals surface area contributed by atoms with Crippen LogP contribution in [0.4, 0.5) is 0 Å². The Bertz CT molecular complexity index is 287. The van der Waals surface area contributed by atoms with Crippen molar-refractivity contribution in [3.05, 3.63) is 34.0 Å². The second-order valence-corrected chi connectivity index (χ2v) is 4.85. The zero-order chi connectivity index (χ0) is 9.10. The molecule has 0 fully saturated rings. The Morgan fingerprint density at radius 1 is 1.46 bits per heavy atom. The lowest BCUT2D eigenvalue weighted by atomic mass is 10.1. The van der Waals surface area contributed by atoms with E-state index in [0.717, 1.165) is 6.42 Å². The zero-order valence-corrected chi connectivity index (χ0v) is 9.07. The van der Waals surface area contributed by atoms with E-state index >= 15 is 0 Å². The van der Waals surface area contributed by atoms with Crippen LogP contribution in [0.5, 0.6) is 0 Å². The molecule has 70 valence electrons. The second kappa shape index (κ2) is 4.30. The Morgan fingerprint density at radius 3 is 3.00 bits per heavy atom. The predicted octanol–water partition coefficient (Wildman–Crippen LogP) is 4.01. The normalized spacial score (nSPS) is 21.9. The molecular formula is C11H13ClS. The first kappa shape index (κ1) is 9.29. The highest BCUT2D eigenvalue weighted by atomic mass is 35.5. The summed E-state index contributed by atoms with van der Waals surface area (Å²) in [6.07, 6.45) is 6.95. The maximum absolute atomic E-state index is 5.99. The number of halogens is 1. The molecule has 1 unspecified atom stereocenters. The topological polar surface area (TPSA) is 0 Å². The fourth-order valence-corrected chi connectivity index (χ4v) is 2.68. The fraction of sp³-hybridized carbons (Fsp3) is 0.455. The summed E-state index contributed by atoms with van der Waals surface area (Å²) >= 11 is 7.77. The van der Waals surface area contributed by atoms with Crippen LogP contribution in [0.1, 0.15) is 24.8 Å². The van der Waals surface area contributed by atoms with Crippen LogP contribution in [-0.2, 0) is 6.42 Å². The van der Waals surface area contributed by atoms with E-state index in [2.05, 4.69) is 22.9 Å². The highest BCUT2D eigenvalue weighted by molar-refractivity contribution is 7.07. The van der Waals surface area contributed by atoms with Crippen LogP contribution < -0.4 is 0 Å². The molecule has 0 N–H and O–H groups in total. The standard InChI is InChI=1S/C11H13ClS/c12-11-4-3-9(7-11)1-2-10-5-6-13-8-10/h5-8,11H,1-4H2. The van der Waals surface area contributed by atoms with Crippen LogP contribution in [-0.4, -0.2) is 5.38 Å². The molecule has 2 rings (SSSR count). The lowest BCUT2D eigenvalue weighted by Gasteiger charge is -1.98. The van der Waals surface area contributed by atoms with Crippen molar-refractivity contribution in [2.45, 2.75) is 31.1 Å². The van der Waals surface area contributed by atoms with Crippen molar-refractivity contribution in [2.75, 3.05) is 0 Å². The SMILES string of the molecule is ClC1C=C(CCc2ccsc2)CC1. The lowest BCUT2D eigenvalue weighted by Crippen LogP contribution is -1.84. The van der Waals surface area contributed by atoms with Gasteiger partial charge in [-0.2, -0.15) is 11.3 Å². The van der Waals surface area contributed by atoms with Crippen LogP contribution >= 0.6 is 22.9 Å². The van der Waals surface area contributed by atoms with Crippen molar-refractivity contribution < 1.29 is 0 Å². The first-order chi connectivity index (χ1) is 6.34. The monoisotopic (exact) mass is 212 g/mol. The van der Waals surface area contributed by atoms with Crippen LogP contribution in [0.2, 0.25) is 0 Å². The van der Waals surface area contributed by atoms with Crippen molar-refractivity contribution in [2.24, 2.45) is 0 Å². The van der Waals surface area contributed by atoms with Gasteiger partial charge in [-0.3, -0.25) is 0 Å². The summed E-state index contributed by atoms with van der Waals surface area (Å²) < 4.78 is 0. The largest absolute Gasteiger partial charge is 0.152 e. The van der Waals surface area contributed by atoms with Gasteiger partial charge in [0.2, 0.25) is 0 Å². The quantitative estimate of drug-likeness (QED) is 0.525. The molecule has 0 aromatic carbocycles. The minimum Gasteiger partial charge on any atom is -0.152 e. The number of hydrogen-bond donors (Lipinski definition) is 0. The van der Waals surface area contributed by atoms with Crippen LogP contribution in [0.3, 0.4) is 0 Å². The van der Waals surface area contributed by atoms with E-state index in [1.807, 2.05) is 0 Å². The number of allylic oxidation sites excluding steroid dienone is 2. The summed E-state index contributed by atoms with van der Waals surface area (Å²) in [5, 5.41) is 4.67. The maximum Gasteiger partial charge on any atom is 0.0521 e. The molecule has 1 aliphatic rings. The molecule has 0 saturated carbocycles. The molecule has 1 aromatic rings. The van der Waals surface area contributed by atoms with E-state index in [-0.39, 0.29) is 0 Å². The minimum absolute atomic E-state index is 0.303. The van der Waals surface area contributed by atoms with Gasteiger partial charge in [-0.25, -0.2) is 0 Å². The van der Waals surface area contributed by atoms with E-state index in [0.29, 0.717) is 5.38 Å². The molecule has 2 heteroatoms. The Morgan fingerprint density at radius 2 is 2.38 bits per heavy atom. The van der Waals surface area contributed by atoms with Crippen molar-refractivity contribution in [3.63, 3.8) is 0 Å². The summed E-state index contributed by atoms with van der Waals surface area (Å²) in [5.41, 5.74) is 3.01. The molecule has 0 spiro atoms. The Kier molecular flexibility index (Phi) is 3.07. The molecular weight excluding hydrogens is 200 g/mol. The highest BCUT2D eigenvalue weighted by Crippen LogP contribution is 2.26. The van der Waals surface area contributed by atoms with Crippen molar-refractivity contribution in [1.82, 2.24) is 0 Å². The molecule has 0 aliphatic heterocycles. The summed E-state index contributed by atoms with van der Waals surface area (Å²) in [5.74, 6) is 0. The molecule has 0 saturated heterocycles. The third kappa shape index (κ3) is 2.58. The van der Waals surface area contributed by atoms with Crippen LogP contribution in [0.25, 0.3) is 0 Å². The smallest absolute Gasteiger partial charge is 0.0521 e. The Hall–Kier alpha value is -0.270. The lowest BCUT2D eigenvalue weighted by molar-refractivity contribution is 0.849. The number of alkyl halides is 1. The van der Waals surface area contributed by atoms with Gasteiger partial charge in [0.15, 0.2) is 0 Å². The van der Waals surface area contributed by atoms with Crippen LogP contribution in [0, 0.1) is 0 Å². The van der Waals surface area contributed by atoms with E-state index in [9.17, 15) is 0 Å². The Balaban J connectivity index is 1.83. The van der Waals surface area contributed by atoms with E-state index in [1.54, 1.807) is 16.9 Å². The number of thiophene rings is 1. The Labute approximate surface area is 88.2 Å². The molecule has 1 atom stereocenters. The summed E-state index contributed by atoms with van der Waals surface area (Å²) in [7, 11) is 0. The van der Waals surface area contributed by atoms with Crippen LogP contribution in [0.15, 0.2) is 28.5 Å². The molecule has 1 heterocycles. The summed E-state index contributed by atoms with van der Waals surface area (Å²) in [4.78, 5) is 0.